The summed E-state index contributed by atoms with van der Waals surface area (Å²) in [6, 6.07) is 5.60. The SMILES string of the molecule is CCS(=O)(=O)CCCC(O)c1cc(C)ccc1OC. The first-order valence-corrected chi connectivity index (χ1v) is 8.24. The van der Waals surface area contributed by atoms with E-state index < -0.39 is 15.9 Å². The Morgan fingerprint density at radius 2 is 2.05 bits per heavy atom. The Bertz CT molecular complexity index is 508. The van der Waals surface area contributed by atoms with Crippen LogP contribution < -0.4 is 4.74 Å². The molecule has 0 fully saturated rings. The molecule has 4 nitrogen and oxygen atoms in total. The van der Waals surface area contributed by atoms with Crippen molar-refractivity contribution in [3.8, 4) is 5.75 Å². The minimum absolute atomic E-state index is 0.120. The summed E-state index contributed by atoms with van der Waals surface area (Å²) < 4.78 is 28.0. The van der Waals surface area contributed by atoms with Gasteiger partial charge in [0.2, 0.25) is 0 Å². The number of sulfone groups is 1. The van der Waals surface area contributed by atoms with E-state index in [4.69, 9.17) is 4.74 Å². The molecule has 108 valence electrons. The van der Waals surface area contributed by atoms with E-state index in [-0.39, 0.29) is 11.5 Å². The van der Waals surface area contributed by atoms with Gasteiger partial charge in [0.25, 0.3) is 0 Å². The lowest BCUT2D eigenvalue weighted by atomic mass is 10.0. The van der Waals surface area contributed by atoms with Crippen LogP contribution in [0.3, 0.4) is 0 Å². The molecule has 0 aliphatic heterocycles. The van der Waals surface area contributed by atoms with Crippen molar-refractivity contribution in [1.82, 2.24) is 0 Å². The number of hydrogen-bond donors (Lipinski definition) is 1. The van der Waals surface area contributed by atoms with Gasteiger partial charge in [-0.05, 0) is 31.9 Å². The van der Waals surface area contributed by atoms with Crippen molar-refractivity contribution in [3.63, 3.8) is 0 Å². The maximum absolute atomic E-state index is 11.4. The van der Waals surface area contributed by atoms with E-state index in [0.717, 1.165) is 11.1 Å². The number of aliphatic hydroxyl groups excluding tert-OH is 1. The summed E-state index contributed by atoms with van der Waals surface area (Å²) in [4.78, 5) is 0. The fourth-order valence-corrected chi connectivity index (χ4v) is 2.81. The van der Waals surface area contributed by atoms with Crippen molar-refractivity contribution in [2.45, 2.75) is 32.8 Å². The second-order valence-electron chi connectivity index (χ2n) is 4.64. The van der Waals surface area contributed by atoms with E-state index in [1.807, 2.05) is 25.1 Å². The zero-order valence-corrected chi connectivity index (χ0v) is 12.5. The number of rotatable bonds is 7. The Balaban J connectivity index is 2.68. The van der Waals surface area contributed by atoms with E-state index in [1.54, 1.807) is 14.0 Å². The Labute approximate surface area is 115 Å². The van der Waals surface area contributed by atoms with Gasteiger partial charge in [0.05, 0.1) is 19.0 Å². The fraction of sp³-hybridized carbons (Fsp3) is 0.571. The lowest BCUT2D eigenvalue weighted by molar-refractivity contribution is 0.162. The van der Waals surface area contributed by atoms with Gasteiger partial charge >= 0.3 is 0 Å². The van der Waals surface area contributed by atoms with Crippen LogP contribution in [0.5, 0.6) is 5.75 Å². The van der Waals surface area contributed by atoms with E-state index in [1.165, 1.54) is 0 Å². The molecule has 0 aliphatic carbocycles. The molecular weight excluding hydrogens is 264 g/mol. The molecule has 19 heavy (non-hydrogen) atoms. The van der Waals surface area contributed by atoms with Crippen LogP contribution in [0.2, 0.25) is 0 Å². The number of benzene rings is 1. The van der Waals surface area contributed by atoms with Gasteiger partial charge in [0.1, 0.15) is 15.6 Å². The average Bonchev–Trinajstić information content (AvgIpc) is 2.38. The highest BCUT2D eigenvalue weighted by Crippen LogP contribution is 2.29. The van der Waals surface area contributed by atoms with Crippen molar-refractivity contribution in [1.29, 1.82) is 0 Å². The molecule has 1 N–H and O–H groups in total. The van der Waals surface area contributed by atoms with Gasteiger partial charge in [0.15, 0.2) is 0 Å². The second kappa shape index (κ2) is 6.91. The van der Waals surface area contributed by atoms with Gasteiger partial charge in [-0.3, -0.25) is 0 Å². The molecule has 1 aromatic carbocycles. The largest absolute Gasteiger partial charge is 0.496 e. The molecule has 0 amide bonds. The molecule has 0 heterocycles. The van der Waals surface area contributed by atoms with Gasteiger partial charge in [-0.2, -0.15) is 0 Å². The zero-order chi connectivity index (χ0) is 14.5. The molecule has 0 radical (unpaired) electrons. The smallest absolute Gasteiger partial charge is 0.150 e. The third kappa shape index (κ3) is 4.84. The van der Waals surface area contributed by atoms with Gasteiger partial charge in [0, 0.05) is 11.3 Å². The van der Waals surface area contributed by atoms with Crippen LogP contribution >= 0.6 is 0 Å². The first kappa shape index (κ1) is 16.0. The summed E-state index contributed by atoms with van der Waals surface area (Å²) in [6.45, 7) is 3.58. The summed E-state index contributed by atoms with van der Waals surface area (Å²) >= 11 is 0. The van der Waals surface area contributed by atoms with Gasteiger partial charge in [-0.1, -0.05) is 18.6 Å². The molecule has 0 spiro atoms. The molecule has 1 unspecified atom stereocenters. The number of aliphatic hydroxyl groups is 1. The van der Waals surface area contributed by atoms with E-state index >= 15 is 0 Å². The topological polar surface area (TPSA) is 63.6 Å². The molecule has 5 heteroatoms. The summed E-state index contributed by atoms with van der Waals surface area (Å²) in [5.41, 5.74) is 1.76. The lowest BCUT2D eigenvalue weighted by Crippen LogP contribution is -2.10. The van der Waals surface area contributed by atoms with E-state index in [0.29, 0.717) is 18.6 Å². The van der Waals surface area contributed by atoms with Crippen LogP contribution in [0.15, 0.2) is 18.2 Å². The average molecular weight is 286 g/mol. The molecule has 1 aromatic rings. The minimum Gasteiger partial charge on any atom is -0.496 e. The van der Waals surface area contributed by atoms with Crippen LogP contribution in [0.1, 0.15) is 37.0 Å². The van der Waals surface area contributed by atoms with Crippen LogP contribution in [0.4, 0.5) is 0 Å². The molecule has 0 bridgehead atoms. The molecule has 1 atom stereocenters. The number of ether oxygens (including phenoxy) is 1. The van der Waals surface area contributed by atoms with Crippen molar-refractivity contribution >= 4 is 9.84 Å². The predicted molar refractivity (Wildman–Crippen MR) is 76.3 cm³/mol. The van der Waals surface area contributed by atoms with Crippen molar-refractivity contribution in [2.75, 3.05) is 18.6 Å². The Hall–Kier alpha value is -1.07. The van der Waals surface area contributed by atoms with Gasteiger partial charge in [-0.15, -0.1) is 0 Å². The highest BCUT2D eigenvalue weighted by Gasteiger charge is 2.15. The zero-order valence-electron chi connectivity index (χ0n) is 11.7. The second-order valence-corrected chi connectivity index (χ2v) is 7.11. The highest BCUT2D eigenvalue weighted by atomic mass is 32.2. The van der Waals surface area contributed by atoms with Crippen molar-refractivity contribution < 1.29 is 18.3 Å². The van der Waals surface area contributed by atoms with Crippen LogP contribution in [-0.4, -0.2) is 32.1 Å². The molecule has 0 saturated heterocycles. The number of methoxy groups -OCH3 is 1. The molecule has 1 rings (SSSR count). The van der Waals surface area contributed by atoms with Crippen LogP contribution in [-0.2, 0) is 9.84 Å². The third-order valence-corrected chi connectivity index (χ3v) is 4.91. The molecule has 0 saturated carbocycles. The summed E-state index contributed by atoms with van der Waals surface area (Å²) in [5.74, 6) is 0.905. The monoisotopic (exact) mass is 286 g/mol. The minimum atomic E-state index is -2.96. The third-order valence-electron chi connectivity index (χ3n) is 3.12. The van der Waals surface area contributed by atoms with Gasteiger partial charge < -0.3 is 9.84 Å². The maximum atomic E-state index is 11.4. The van der Waals surface area contributed by atoms with Gasteiger partial charge in [-0.25, -0.2) is 8.42 Å². The standard InChI is InChI=1S/C14H22O4S/c1-4-19(16,17)9-5-6-13(15)12-10-11(2)7-8-14(12)18-3/h7-8,10,13,15H,4-6,9H2,1-3H3. The van der Waals surface area contributed by atoms with Crippen LogP contribution in [0, 0.1) is 6.92 Å². The van der Waals surface area contributed by atoms with E-state index in [9.17, 15) is 13.5 Å². The number of hydrogen-bond acceptors (Lipinski definition) is 4. The Morgan fingerprint density at radius 1 is 1.37 bits per heavy atom. The normalized spacial score (nSPS) is 13.3. The van der Waals surface area contributed by atoms with Crippen molar-refractivity contribution in [3.05, 3.63) is 29.3 Å². The van der Waals surface area contributed by atoms with Crippen LogP contribution in [0.25, 0.3) is 0 Å². The first-order valence-electron chi connectivity index (χ1n) is 6.42. The van der Waals surface area contributed by atoms with Crippen molar-refractivity contribution in [2.24, 2.45) is 0 Å². The Kier molecular flexibility index (Phi) is 5.82. The summed E-state index contributed by atoms with van der Waals surface area (Å²) in [5, 5.41) is 10.2. The first-order chi connectivity index (χ1) is 8.89. The predicted octanol–water partition coefficient (Wildman–Crippen LogP) is 2.25. The Morgan fingerprint density at radius 3 is 2.63 bits per heavy atom. The molecular formula is C14H22O4S. The summed E-state index contributed by atoms with van der Waals surface area (Å²) in [6.07, 6.45) is 0.176. The van der Waals surface area contributed by atoms with E-state index in [2.05, 4.69) is 0 Å². The fourth-order valence-electron chi connectivity index (χ4n) is 1.91. The molecule has 0 aromatic heterocycles. The highest BCUT2D eigenvalue weighted by molar-refractivity contribution is 7.91. The maximum Gasteiger partial charge on any atom is 0.150 e. The number of aryl methyl sites for hydroxylation is 1. The quantitative estimate of drug-likeness (QED) is 0.835. The lowest BCUT2D eigenvalue weighted by Gasteiger charge is -2.15. The molecule has 0 aliphatic rings. The summed E-state index contributed by atoms with van der Waals surface area (Å²) in [7, 11) is -1.41.